The zero-order chi connectivity index (χ0) is 13.0. The lowest BCUT2D eigenvalue weighted by atomic mass is 9.92. The Bertz CT molecular complexity index is 511. The predicted molar refractivity (Wildman–Crippen MR) is 78.4 cm³/mol. The van der Waals surface area contributed by atoms with E-state index < -0.39 is 0 Å². The van der Waals surface area contributed by atoms with Crippen molar-refractivity contribution in [3.05, 3.63) is 69.7 Å². The molecule has 0 aliphatic carbocycles. The molecule has 2 N–H and O–H groups in total. The number of benzene rings is 2. The van der Waals surface area contributed by atoms with Crippen molar-refractivity contribution in [3.8, 4) is 0 Å². The summed E-state index contributed by atoms with van der Waals surface area (Å²) in [6.45, 7) is 0.590. The van der Waals surface area contributed by atoms with Gasteiger partial charge in [0.05, 0.1) is 0 Å². The molecule has 0 aliphatic heterocycles. The van der Waals surface area contributed by atoms with Crippen molar-refractivity contribution in [2.45, 2.75) is 12.3 Å². The molecular weight excluding hydrogens is 265 g/mol. The molecular formula is C15H15Cl2N. The second-order valence-electron chi connectivity index (χ2n) is 4.28. The molecule has 0 aromatic heterocycles. The monoisotopic (exact) mass is 279 g/mol. The molecule has 0 saturated heterocycles. The molecule has 18 heavy (non-hydrogen) atoms. The van der Waals surface area contributed by atoms with Crippen LogP contribution in [0.1, 0.15) is 17.0 Å². The standard InChI is InChI=1S/C15H15Cl2N/c16-14-6-7-15(17)12(9-14)8-13(10-18)11-4-2-1-3-5-11/h1-7,9,13H,8,10,18H2. The van der Waals surface area contributed by atoms with E-state index in [4.69, 9.17) is 28.9 Å². The maximum atomic E-state index is 6.19. The van der Waals surface area contributed by atoms with Gasteiger partial charge in [-0.1, -0.05) is 53.5 Å². The summed E-state index contributed by atoms with van der Waals surface area (Å²) in [6.07, 6.45) is 0.805. The van der Waals surface area contributed by atoms with Crippen LogP contribution in [-0.2, 0) is 6.42 Å². The van der Waals surface area contributed by atoms with Crippen LogP contribution in [0.25, 0.3) is 0 Å². The average Bonchev–Trinajstić information content (AvgIpc) is 2.41. The lowest BCUT2D eigenvalue weighted by Crippen LogP contribution is -2.15. The molecule has 2 aromatic carbocycles. The number of halogens is 2. The Kier molecular flexibility index (Phi) is 4.65. The van der Waals surface area contributed by atoms with E-state index in [0.717, 1.165) is 17.0 Å². The molecule has 0 aliphatic rings. The van der Waals surface area contributed by atoms with Gasteiger partial charge in [-0.15, -0.1) is 0 Å². The number of hydrogen-bond donors (Lipinski definition) is 1. The van der Waals surface area contributed by atoms with Crippen LogP contribution in [0.2, 0.25) is 10.0 Å². The van der Waals surface area contributed by atoms with Crippen molar-refractivity contribution in [3.63, 3.8) is 0 Å². The summed E-state index contributed by atoms with van der Waals surface area (Å²) in [5.41, 5.74) is 8.14. The molecule has 0 radical (unpaired) electrons. The quantitative estimate of drug-likeness (QED) is 0.888. The van der Waals surface area contributed by atoms with Crippen LogP contribution in [0.3, 0.4) is 0 Å². The Morgan fingerprint density at radius 1 is 1.00 bits per heavy atom. The van der Waals surface area contributed by atoms with Gasteiger partial charge in [0.15, 0.2) is 0 Å². The van der Waals surface area contributed by atoms with Crippen molar-refractivity contribution in [1.29, 1.82) is 0 Å². The molecule has 0 amide bonds. The molecule has 0 spiro atoms. The first-order chi connectivity index (χ1) is 8.70. The van der Waals surface area contributed by atoms with Gasteiger partial charge in [-0.05, 0) is 42.3 Å². The molecule has 0 bridgehead atoms. The summed E-state index contributed by atoms with van der Waals surface area (Å²) >= 11 is 12.2. The maximum absolute atomic E-state index is 6.19. The largest absolute Gasteiger partial charge is 0.330 e. The summed E-state index contributed by atoms with van der Waals surface area (Å²) in [6, 6.07) is 15.8. The molecule has 2 rings (SSSR count). The van der Waals surface area contributed by atoms with Gasteiger partial charge in [-0.2, -0.15) is 0 Å². The Balaban J connectivity index is 2.23. The third-order valence-corrected chi connectivity index (χ3v) is 3.63. The van der Waals surface area contributed by atoms with Crippen LogP contribution in [-0.4, -0.2) is 6.54 Å². The highest BCUT2D eigenvalue weighted by Crippen LogP contribution is 2.26. The van der Waals surface area contributed by atoms with Crippen molar-refractivity contribution in [2.24, 2.45) is 5.73 Å². The normalized spacial score (nSPS) is 12.4. The molecule has 94 valence electrons. The molecule has 0 heterocycles. The zero-order valence-corrected chi connectivity index (χ0v) is 11.5. The molecule has 0 saturated carbocycles. The SMILES string of the molecule is NCC(Cc1cc(Cl)ccc1Cl)c1ccccc1. The Labute approximate surface area is 118 Å². The van der Waals surface area contributed by atoms with E-state index in [1.807, 2.05) is 30.3 Å². The van der Waals surface area contributed by atoms with Crippen molar-refractivity contribution in [2.75, 3.05) is 6.54 Å². The van der Waals surface area contributed by atoms with Crippen LogP contribution in [0.4, 0.5) is 0 Å². The third-order valence-electron chi connectivity index (χ3n) is 3.03. The predicted octanol–water partition coefficient (Wildman–Crippen LogP) is 4.28. The van der Waals surface area contributed by atoms with Crippen molar-refractivity contribution in [1.82, 2.24) is 0 Å². The Morgan fingerprint density at radius 2 is 1.72 bits per heavy atom. The van der Waals surface area contributed by atoms with E-state index in [1.54, 1.807) is 6.07 Å². The summed E-state index contributed by atoms with van der Waals surface area (Å²) in [5.74, 6) is 0.266. The number of nitrogens with two attached hydrogens (primary N) is 1. The van der Waals surface area contributed by atoms with Gasteiger partial charge >= 0.3 is 0 Å². The minimum absolute atomic E-state index is 0.266. The average molecular weight is 280 g/mol. The second-order valence-corrected chi connectivity index (χ2v) is 5.13. The van der Waals surface area contributed by atoms with Crippen LogP contribution < -0.4 is 5.73 Å². The second kappa shape index (κ2) is 6.24. The van der Waals surface area contributed by atoms with E-state index in [0.29, 0.717) is 11.6 Å². The van der Waals surface area contributed by atoms with E-state index >= 15 is 0 Å². The van der Waals surface area contributed by atoms with Gasteiger partial charge in [0.25, 0.3) is 0 Å². The Morgan fingerprint density at radius 3 is 2.39 bits per heavy atom. The third kappa shape index (κ3) is 3.26. The summed E-state index contributed by atoms with van der Waals surface area (Å²) < 4.78 is 0. The van der Waals surface area contributed by atoms with Crippen molar-refractivity contribution < 1.29 is 0 Å². The van der Waals surface area contributed by atoms with Crippen LogP contribution >= 0.6 is 23.2 Å². The minimum Gasteiger partial charge on any atom is -0.330 e. The van der Waals surface area contributed by atoms with Gasteiger partial charge < -0.3 is 5.73 Å². The highest BCUT2D eigenvalue weighted by atomic mass is 35.5. The Hall–Kier alpha value is -1.02. The lowest BCUT2D eigenvalue weighted by molar-refractivity contribution is 0.694. The highest BCUT2D eigenvalue weighted by Gasteiger charge is 2.12. The highest BCUT2D eigenvalue weighted by molar-refractivity contribution is 6.33. The fourth-order valence-electron chi connectivity index (χ4n) is 2.03. The maximum Gasteiger partial charge on any atom is 0.0439 e. The molecule has 1 atom stereocenters. The molecule has 2 aromatic rings. The van der Waals surface area contributed by atoms with E-state index in [9.17, 15) is 0 Å². The van der Waals surface area contributed by atoms with E-state index in [2.05, 4.69) is 12.1 Å². The first-order valence-corrected chi connectivity index (χ1v) is 6.65. The van der Waals surface area contributed by atoms with Crippen LogP contribution in [0.15, 0.2) is 48.5 Å². The van der Waals surface area contributed by atoms with Gasteiger partial charge in [0.1, 0.15) is 0 Å². The van der Waals surface area contributed by atoms with E-state index in [-0.39, 0.29) is 5.92 Å². The van der Waals surface area contributed by atoms with E-state index in [1.165, 1.54) is 5.56 Å². The fourth-order valence-corrected chi connectivity index (χ4v) is 2.42. The van der Waals surface area contributed by atoms with Gasteiger partial charge in [-0.25, -0.2) is 0 Å². The number of hydrogen-bond acceptors (Lipinski definition) is 1. The van der Waals surface area contributed by atoms with Gasteiger partial charge in [-0.3, -0.25) is 0 Å². The molecule has 1 unspecified atom stereocenters. The first-order valence-electron chi connectivity index (χ1n) is 5.89. The first kappa shape index (κ1) is 13.4. The molecule has 0 fully saturated rings. The van der Waals surface area contributed by atoms with Crippen molar-refractivity contribution >= 4 is 23.2 Å². The summed E-state index contributed by atoms with van der Waals surface area (Å²) in [4.78, 5) is 0. The zero-order valence-electron chi connectivity index (χ0n) is 9.94. The van der Waals surface area contributed by atoms with Gasteiger partial charge in [0, 0.05) is 16.0 Å². The van der Waals surface area contributed by atoms with Gasteiger partial charge in [0.2, 0.25) is 0 Å². The van der Waals surface area contributed by atoms with Crippen LogP contribution in [0, 0.1) is 0 Å². The fraction of sp³-hybridized carbons (Fsp3) is 0.200. The smallest absolute Gasteiger partial charge is 0.0439 e. The topological polar surface area (TPSA) is 26.0 Å². The summed E-state index contributed by atoms with van der Waals surface area (Å²) in [7, 11) is 0. The summed E-state index contributed by atoms with van der Waals surface area (Å²) in [5, 5.41) is 1.45. The molecule has 1 nitrogen and oxygen atoms in total. The molecule has 3 heteroatoms. The van der Waals surface area contributed by atoms with Crippen LogP contribution in [0.5, 0.6) is 0 Å². The minimum atomic E-state index is 0.266. The number of rotatable bonds is 4. The lowest BCUT2D eigenvalue weighted by Gasteiger charge is -2.16.